The summed E-state index contributed by atoms with van der Waals surface area (Å²) in [5.41, 5.74) is 5.39. The number of aromatic amines is 1. The van der Waals surface area contributed by atoms with Gasteiger partial charge in [-0.2, -0.15) is 0 Å². The molecule has 0 amide bonds. The van der Waals surface area contributed by atoms with E-state index in [0.717, 1.165) is 33.9 Å². The van der Waals surface area contributed by atoms with Crippen LogP contribution < -0.4 is 9.47 Å². The Hall–Kier alpha value is -2.64. The van der Waals surface area contributed by atoms with Crippen LogP contribution >= 0.6 is 0 Å². The predicted octanol–water partition coefficient (Wildman–Crippen LogP) is 3.65. The summed E-state index contributed by atoms with van der Waals surface area (Å²) >= 11 is 0. The van der Waals surface area contributed by atoms with E-state index in [4.69, 9.17) is 14.2 Å². The first kappa shape index (κ1) is 18.4. The maximum Gasteiger partial charge on any atom is 0.231 e. The van der Waals surface area contributed by atoms with Crippen molar-refractivity contribution < 1.29 is 18.6 Å². The zero-order valence-electron chi connectivity index (χ0n) is 16.6. The van der Waals surface area contributed by atoms with Gasteiger partial charge in [-0.15, -0.1) is 0 Å². The number of H-pyrrole nitrogens is 1. The Bertz CT molecular complexity index is 1010. The first-order valence-corrected chi connectivity index (χ1v) is 9.87. The first-order valence-electron chi connectivity index (χ1n) is 9.87. The molecule has 1 fully saturated rings. The molecule has 29 heavy (non-hydrogen) atoms. The van der Waals surface area contributed by atoms with Gasteiger partial charge < -0.3 is 19.2 Å². The molecule has 2 unspecified atom stereocenters. The number of likely N-dealkylation sites (tertiary alicyclic amines) is 1. The van der Waals surface area contributed by atoms with E-state index in [0.29, 0.717) is 19.6 Å². The number of rotatable bonds is 5. The Balaban J connectivity index is 1.20. The van der Waals surface area contributed by atoms with Gasteiger partial charge in [0.05, 0.1) is 11.0 Å². The lowest BCUT2D eigenvalue weighted by atomic mass is 10.1. The SMILES string of the molecule is Cc1cc2nc(COC3CN(Cc4ccc5c(c4)OCO5)CC3F)[nH]c2cc1C. The first-order chi connectivity index (χ1) is 14.0. The summed E-state index contributed by atoms with van der Waals surface area (Å²) in [6.45, 7) is 6.24. The maximum atomic E-state index is 14.5. The van der Waals surface area contributed by atoms with E-state index in [1.54, 1.807) is 0 Å². The van der Waals surface area contributed by atoms with Crippen molar-refractivity contribution in [2.24, 2.45) is 0 Å². The monoisotopic (exact) mass is 397 g/mol. The van der Waals surface area contributed by atoms with Crippen molar-refractivity contribution in [2.75, 3.05) is 19.9 Å². The number of ether oxygens (including phenoxy) is 3. The molecule has 0 bridgehead atoms. The lowest BCUT2D eigenvalue weighted by molar-refractivity contribution is 0.00863. The molecule has 152 valence electrons. The van der Waals surface area contributed by atoms with E-state index in [9.17, 15) is 4.39 Å². The van der Waals surface area contributed by atoms with Crippen LogP contribution in [0.15, 0.2) is 30.3 Å². The molecule has 1 N–H and O–H groups in total. The summed E-state index contributed by atoms with van der Waals surface area (Å²) in [4.78, 5) is 9.93. The topological polar surface area (TPSA) is 59.6 Å². The van der Waals surface area contributed by atoms with E-state index in [2.05, 4.69) is 40.8 Å². The number of alkyl halides is 1. The summed E-state index contributed by atoms with van der Waals surface area (Å²) in [7, 11) is 0. The molecule has 0 aliphatic carbocycles. The van der Waals surface area contributed by atoms with Crippen molar-refractivity contribution in [3.05, 3.63) is 52.8 Å². The zero-order valence-corrected chi connectivity index (χ0v) is 16.6. The van der Waals surface area contributed by atoms with Gasteiger partial charge in [0, 0.05) is 19.6 Å². The number of hydrogen-bond acceptors (Lipinski definition) is 5. The highest BCUT2D eigenvalue weighted by Crippen LogP contribution is 2.33. The zero-order chi connectivity index (χ0) is 20.0. The number of nitrogens with one attached hydrogen (secondary N) is 1. The molecule has 3 aromatic rings. The molecule has 0 radical (unpaired) electrons. The average molecular weight is 397 g/mol. The Morgan fingerprint density at radius 1 is 1.14 bits per heavy atom. The van der Waals surface area contributed by atoms with Crippen LogP contribution in [0.5, 0.6) is 11.5 Å². The summed E-state index contributed by atoms with van der Waals surface area (Å²) in [5.74, 6) is 2.24. The minimum atomic E-state index is -1.02. The van der Waals surface area contributed by atoms with Gasteiger partial charge in [-0.3, -0.25) is 4.90 Å². The van der Waals surface area contributed by atoms with Gasteiger partial charge in [0.2, 0.25) is 6.79 Å². The van der Waals surface area contributed by atoms with Gasteiger partial charge in [-0.25, -0.2) is 9.37 Å². The van der Waals surface area contributed by atoms with Crippen LogP contribution in [0, 0.1) is 13.8 Å². The molecule has 2 aliphatic rings. The predicted molar refractivity (Wildman–Crippen MR) is 107 cm³/mol. The molecular formula is C22H24FN3O3. The van der Waals surface area contributed by atoms with Crippen molar-refractivity contribution >= 4 is 11.0 Å². The van der Waals surface area contributed by atoms with Crippen molar-refractivity contribution in [2.45, 2.75) is 39.3 Å². The summed E-state index contributed by atoms with van der Waals surface area (Å²) in [6, 6.07) is 10.0. The maximum absolute atomic E-state index is 14.5. The number of nitrogens with zero attached hydrogens (tertiary/aromatic N) is 2. The van der Waals surface area contributed by atoms with Crippen LogP contribution in [0.2, 0.25) is 0 Å². The fourth-order valence-corrected chi connectivity index (χ4v) is 3.97. The van der Waals surface area contributed by atoms with Gasteiger partial charge in [0.15, 0.2) is 11.5 Å². The molecule has 3 heterocycles. The summed E-state index contributed by atoms with van der Waals surface area (Å²) in [5, 5.41) is 0. The third-order valence-corrected chi connectivity index (χ3v) is 5.70. The van der Waals surface area contributed by atoms with Crippen molar-refractivity contribution in [3.8, 4) is 11.5 Å². The van der Waals surface area contributed by atoms with E-state index in [-0.39, 0.29) is 13.4 Å². The second-order valence-corrected chi connectivity index (χ2v) is 7.88. The number of halogens is 1. The number of fused-ring (bicyclic) bond motifs is 2. The molecule has 5 rings (SSSR count). The Kier molecular flexibility index (Phi) is 4.64. The third-order valence-electron chi connectivity index (χ3n) is 5.70. The van der Waals surface area contributed by atoms with Crippen LogP contribution in [-0.2, 0) is 17.9 Å². The molecule has 7 heteroatoms. The van der Waals surface area contributed by atoms with Crippen LogP contribution in [0.25, 0.3) is 11.0 Å². The standard InChI is InChI=1S/C22H24FN3O3/c1-13-5-17-18(6-14(13)2)25-22(24-17)11-27-21-10-26(9-16(21)23)8-15-3-4-19-20(7-15)29-12-28-19/h3-7,16,21H,8-12H2,1-2H3,(H,24,25). The number of benzene rings is 2. The van der Waals surface area contributed by atoms with E-state index < -0.39 is 12.3 Å². The van der Waals surface area contributed by atoms with E-state index >= 15 is 0 Å². The van der Waals surface area contributed by atoms with Gasteiger partial charge >= 0.3 is 0 Å². The quantitative estimate of drug-likeness (QED) is 0.712. The Morgan fingerprint density at radius 3 is 2.86 bits per heavy atom. The number of hydrogen-bond donors (Lipinski definition) is 1. The average Bonchev–Trinajstić information content (AvgIpc) is 3.39. The van der Waals surface area contributed by atoms with Gasteiger partial charge in [0.25, 0.3) is 0 Å². The fraction of sp³-hybridized carbons (Fsp3) is 0.409. The molecule has 1 aromatic heterocycles. The molecule has 2 aromatic carbocycles. The van der Waals surface area contributed by atoms with Crippen molar-refractivity contribution in [1.82, 2.24) is 14.9 Å². The third kappa shape index (κ3) is 3.68. The van der Waals surface area contributed by atoms with E-state index in [1.807, 2.05) is 18.2 Å². The highest BCUT2D eigenvalue weighted by Gasteiger charge is 2.34. The van der Waals surface area contributed by atoms with Gasteiger partial charge in [0.1, 0.15) is 24.7 Å². The summed E-state index contributed by atoms with van der Waals surface area (Å²) < 4.78 is 31.2. The van der Waals surface area contributed by atoms with Crippen LogP contribution in [0.3, 0.4) is 0 Å². The van der Waals surface area contributed by atoms with Gasteiger partial charge in [-0.1, -0.05) is 6.07 Å². The fourth-order valence-electron chi connectivity index (χ4n) is 3.97. The minimum Gasteiger partial charge on any atom is -0.454 e. The molecule has 0 saturated carbocycles. The molecule has 0 spiro atoms. The molecular weight excluding hydrogens is 373 g/mol. The molecule has 2 aliphatic heterocycles. The Morgan fingerprint density at radius 2 is 1.97 bits per heavy atom. The van der Waals surface area contributed by atoms with Gasteiger partial charge in [-0.05, 0) is 54.8 Å². The highest BCUT2D eigenvalue weighted by molar-refractivity contribution is 5.77. The number of aryl methyl sites for hydroxylation is 2. The minimum absolute atomic E-state index is 0.256. The van der Waals surface area contributed by atoms with Crippen LogP contribution in [0.1, 0.15) is 22.5 Å². The molecule has 6 nitrogen and oxygen atoms in total. The van der Waals surface area contributed by atoms with E-state index in [1.165, 1.54) is 11.1 Å². The van der Waals surface area contributed by atoms with Crippen LogP contribution in [0.4, 0.5) is 4.39 Å². The van der Waals surface area contributed by atoms with Crippen LogP contribution in [-0.4, -0.2) is 47.0 Å². The second-order valence-electron chi connectivity index (χ2n) is 7.88. The summed E-state index contributed by atoms with van der Waals surface area (Å²) in [6.07, 6.45) is -1.47. The lowest BCUT2D eigenvalue weighted by Crippen LogP contribution is -2.24. The van der Waals surface area contributed by atoms with Crippen molar-refractivity contribution in [3.63, 3.8) is 0 Å². The largest absolute Gasteiger partial charge is 0.454 e. The van der Waals surface area contributed by atoms with Crippen molar-refractivity contribution in [1.29, 1.82) is 0 Å². The smallest absolute Gasteiger partial charge is 0.231 e. The lowest BCUT2D eigenvalue weighted by Gasteiger charge is -2.16. The second kappa shape index (κ2) is 7.31. The molecule has 1 saturated heterocycles. The highest BCUT2D eigenvalue weighted by atomic mass is 19.1. The normalized spacial score (nSPS) is 21.3. The Labute approximate surface area is 168 Å². The number of imidazole rings is 1. The molecule has 2 atom stereocenters. The number of aromatic nitrogens is 2.